The van der Waals surface area contributed by atoms with Crippen molar-refractivity contribution in [1.82, 2.24) is 0 Å². The van der Waals surface area contributed by atoms with Crippen LogP contribution in [0.3, 0.4) is 0 Å². The molecule has 28 heavy (non-hydrogen) atoms. The molecule has 8 heteroatoms. The van der Waals surface area contributed by atoms with Gasteiger partial charge in [-0.1, -0.05) is 12.1 Å². The summed E-state index contributed by atoms with van der Waals surface area (Å²) in [7, 11) is 0. The molecule has 3 rings (SSSR count). The van der Waals surface area contributed by atoms with Gasteiger partial charge in [-0.15, -0.1) is 0 Å². The first-order chi connectivity index (χ1) is 13.2. The van der Waals surface area contributed by atoms with E-state index in [0.717, 1.165) is 24.1 Å². The van der Waals surface area contributed by atoms with Gasteiger partial charge in [-0.3, -0.25) is 4.79 Å². The summed E-state index contributed by atoms with van der Waals surface area (Å²) in [5.74, 6) is -2.55. The highest BCUT2D eigenvalue weighted by atomic mass is 19.2. The van der Waals surface area contributed by atoms with E-state index in [1.165, 1.54) is 6.07 Å². The molecule has 2 aromatic rings. The first-order valence-electron chi connectivity index (χ1n) is 8.58. The summed E-state index contributed by atoms with van der Waals surface area (Å²) in [5.41, 5.74) is 0.692. The fourth-order valence-electron chi connectivity index (χ4n) is 2.80. The molecule has 0 aromatic heterocycles. The number of hydrogen-bond donors (Lipinski definition) is 1. The molecule has 0 atom stereocenters. The van der Waals surface area contributed by atoms with Gasteiger partial charge in [0, 0.05) is 23.7 Å². The second-order valence-electron chi connectivity index (χ2n) is 6.91. The van der Waals surface area contributed by atoms with Crippen molar-refractivity contribution >= 4 is 17.6 Å². The van der Waals surface area contributed by atoms with Gasteiger partial charge in [-0.05, 0) is 32.0 Å². The summed E-state index contributed by atoms with van der Waals surface area (Å²) in [6.07, 6.45) is 0.730. The molecule has 0 saturated heterocycles. The van der Waals surface area contributed by atoms with Crippen LogP contribution in [0.2, 0.25) is 0 Å². The maximum Gasteiger partial charge on any atom is 0.344 e. The molecular formula is C20H19F2NO5. The molecule has 2 aromatic carbocycles. The summed E-state index contributed by atoms with van der Waals surface area (Å²) in [4.78, 5) is 23.6. The Labute approximate surface area is 160 Å². The molecule has 6 nitrogen and oxygen atoms in total. The van der Waals surface area contributed by atoms with Gasteiger partial charge in [-0.25, -0.2) is 13.6 Å². The zero-order chi connectivity index (χ0) is 20.3. The highest BCUT2D eigenvalue weighted by molar-refractivity contribution is 5.92. The normalized spacial score (nSPS) is 14.0. The lowest BCUT2D eigenvalue weighted by molar-refractivity contribution is -0.149. The molecule has 0 unspecified atom stereocenters. The van der Waals surface area contributed by atoms with Crippen LogP contribution in [-0.2, 0) is 20.7 Å². The maximum absolute atomic E-state index is 13.1. The predicted molar refractivity (Wildman–Crippen MR) is 96.3 cm³/mol. The highest BCUT2D eigenvalue weighted by Crippen LogP contribution is 2.41. The van der Waals surface area contributed by atoms with Gasteiger partial charge in [-0.2, -0.15) is 0 Å². The van der Waals surface area contributed by atoms with Gasteiger partial charge in [0.25, 0.3) is 5.91 Å². The van der Waals surface area contributed by atoms with Gasteiger partial charge in [0.05, 0.1) is 0 Å². The number of anilines is 1. The zero-order valence-corrected chi connectivity index (χ0v) is 15.4. The minimum Gasteiger partial charge on any atom is -0.483 e. The summed E-state index contributed by atoms with van der Waals surface area (Å²) in [5, 5.41) is 2.30. The molecule has 0 bridgehead atoms. The Kier molecular flexibility index (Phi) is 5.48. The molecule has 1 aliphatic rings. The van der Waals surface area contributed by atoms with Crippen molar-refractivity contribution in [3.8, 4) is 11.5 Å². The van der Waals surface area contributed by atoms with Crippen LogP contribution in [-0.4, -0.2) is 30.7 Å². The van der Waals surface area contributed by atoms with Crippen LogP contribution in [0.15, 0.2) is 36.4 Å². The van der Waals surface area contributed by atoms with Crippen molar-refractivity contribution in [2.45, 2.75) is 25.9 Å². The van der Waals surface area contributed by atoms with Gasteiger partial charge in [0.1, 0.15) is 5.60 Å². The molecule has 0 aliphatic carbocycles. The third kappa shape index (κ3) is 4.76. The van der Waals surface area contributed by atoms with Crippen LogP contribution in [0.4, 0.5) is 14.5 Å². The van der Waals surface area contributed by atoms with E-state index in [-0.39, 0.29) is 11.3 Å². The highest BCUT2D eigenvalue weighted by Gasteiger charge is 2.32. The van der Waals surface area contributed by atoms with Crippen LogP contribution >= 0.6 is 0 Å². The minimum absolute atomic E-state index is 0.0517. The molecule has 1 heterocycles. The molecule has 1 N–H and O–H groups in total. The molecule has 1 amide bonds. The van der Waals surface area contributed by atoms with Gasteiger partial charge in [0.15, 0.2) is 36.3 Å². The maximum atomic E-state index is 13.1. The van der Waals surface area contributed by atoms with Crippen LogP contribution in [0.5, 0.6) is 11.5 Å². The Morgan fingerprint density at radius 3 is 2.68 bits per heavy atom. The standard InChI is InChI=1S/C20H19F2NO5/c1-20(2)9-12-4-3-5-16(19(12)28-20)26-11-18(25)27-10-17(24)23-13-6-7-14(21)15(22)8-13/h3-8H,9-11H2,1-2H3,(H,23,24). The number of hydrogen-bond acceptors (Lipinski definition) is 5. The summed E-state index contributed by atoms with van der Waals surface area (Å²) >= 11 is 0. The lowest BCUT2D eigenvalue weighted by atomic mass is 10.0. The number of nitrogens with one attached hydrogen (secondary N) is 1. The average Bonchev–Trinajstić information content (AvgIpc) is 2.95. The first kappa shape index (κ1) is 19.6. The molecule has 0 spiro atoms. The van der Waals surface area contributed by atoms with Gasteiger partial charge in [0.2, 0.25) is 0 Å². The van der Waals surface area contributed by atoms with Crippen LogP contribution in [0.1, 0.15) is 19.4 Å². The van der Waals surface area contributed by atoms with E-state index in [1.54, 1.807) is 12.1 Å². The third-order valence-corrected chi connectivity index (χ3v) is 3.97. The Bertz CT molecular complexity index is 913. The first-order valence-corrected chi connectivity index (χ1v) is 8.58. The van der Waals surface area contributed by atoms with Crippen molar-refractivity contribution in [2.75, 3.05) is 18.5 Å². The quantitative estimate of drug-likeness (QED) is 0.766. The summed E-state index contributed by atoms with van der Waals surface area (Å²) < 4.78 is 42.1. The largest absolute Gasteiger partial charge is 0.483 e. The number of rotatable bonds is 6. The van der Waals surface area contributed by atoms with Crippen molar-refractivity contribution in [3.05, 3.63) is 53.6 Å². The smallest absolute Gasteiger partial charge is 0.344 e. The molecule has 0 saturated carbocycles. The summed E-state index contributed by atoms with van der Waals surface area (Å²) in [6, 6.07) is 8.32. The number of fused-ring (bicyclic) bond motifs is 1. The SMILES string of the molecule is CC1(C)Cc2cccc(OCC(=O)OCC(=O)Nc3ccc(F)c(F)c3)c2O1. The number of amides is 1. The average molecular weight is 391 g/mol. The van der Waals surface area contributed by atoms with Crippen LogP contribution in [0, 0.1) is 11.6 Å². The molecule has 0 fully saturated rings. The number of benzene rings is 2. The Balaban J connectivity index is 1.47. The fraction of sp³-hybridized carbons (Fsp3) is 0.300. The molecule has 1 aliphatic heterocycles. The Morgan fingerprint density at radius 2 is 1.93 bits per heavy atom. The van der Waals surface area contributed by atoms with Gasteiger partial charge >= 0.3 is 5.97 Å². The number of ether oxygens (including phenoxy) is 3. The predicted octanol–water partition coefficient (Wildman–Crippen LogP) is 3.24. The molecular weight excluding hydrogens is 372 g/mol. The number of carbonyl (C=O) groups excluding carboxylic acids is 2. The van der Waals surface area contributed by atoms with Crippen LogP contribution in [0.25, 0.3) is 0 Å². The minimum atomic E-state index is -1.09. The lowest BCUT2D eigenvalue weighted by Gasteiger charge is -2.18. The van der Waals surface area contributed by atoms with Gasteiger partial charge < -0.3 is 19.5 Å². The van der Waals surface area contributed by atoms with Crippen molar-refractivity contribution in [2.24, 2.45) is 0 Å². The Hall–Kier alpha value is -3.16. The summed E-state index contributed by atoms with van der Waals surface area (Å²) in [6.45, 7) is 2.92. The van der Waals surface area contributed by atoms with Crippen LogP contribution < -0.4 is 14.8 Å². The van der Waals surface area contributed by atoms with E-state index in [0.29, 0.717) is 11.5 Å². The van der Waals surface area contributed by atoms with E-state index in [4.69, 9.17) is 14.2 Å². The second kappa shape index (κ2) is 7.84. The lowest BCUT2D eigenvalue weighted by Crippen LogP contribution is -2.25. The van der Waals surface area contributed by atoms with E-state index in [2.05, 4.69) is 5.32 Å². The second-order valence-corrected chi connectivity index (χ2v) is 6.91. The van der Waals surface area contributed by atoms with E-state index in [9.17, 15) is 18.4 Å². The number of esters is 1. The van der Waals surface area contributed by atoms with Crippen molar-refractivity contribution < 1.29 is 32.6 Å². The fourth-order valence-corrected chi connectivity index (χ4v) is 2.80. The number of halogens is 2. The number of para-hydroxylation sites is 1. The monoisotopic (exact) mass is 391 g/mol. The Morgan fingerprint density at radius 1 is 1.14 bits per heavy atom. The third-order valence-electron chi connectivity index (χ3n) is 3.97. The molecule has 148 valence electrons. The topological polar surface area (TPSA) is 73.9 Å². The van der Waals surface area contributed by atoms with Crippen molar-refractivity contribution in [1.29, 1.82) is 0 Å². The number of carbonyl (C=O) groups is 2. The van der Waals surface area contributed by atoms with E-state index in [1.807, 2.05) is 19.9 Å². The van der Waals surface area contributed by atoms with E-state index >= 15 is 0 Å². The van der Waals surface area contributed by atoms with E-state index < -0.39 is 36.7 Å². The molecule has 0 radical (unpaired) electrons. The zero-order valence-electron chi connectivity index (χ0n) is 15.4. The van der Waals surface area contributed by atoms with Crippen molar-refractivity contribution in [3.63, 3.8) is 0 Å².